The van der Waals surface area contributed by atoms with Gasteiger partial charge in [-0.2, -0.15) is 5.10 Å². The number of rotatable bonds is 3. The monoisotopic (exact) mass is 272 g/mol. The Hall–Kier alpha value is -1.88. The van der Waals surface area contributed by atoms with E-state index in [0.29, 0.717) is 0 Å². The maximum absolute atomic E-state index is 6.17. The first-order valence-electron chi connectivity index (χ1n) is 6.45. The minimum absolute atomic E-state index is 0.805. The van der Waals surface area contributed by atoms with Crippen LogP contribution in [0, 0.1) is 0 Å². The van der Waals surface area contributed by atoms with Crippen molar-refractivity contribution in [3.8, 4) is 5.82 Å². The van der Waals surface area contributed by atoms with Gasteiger partial charge >= 0.3 is 0 Å². The number of nitrogen functional groups attached to an aromatic ring is 1. The molecule has 0 saturated carbocycles. The molecule has 0 spiro atoms. The van der Waals surface area contributed by atoms with Crippen LogP contribution >= 0.6 is 11.3 Å². The topological polar surface area (TPSA) is 56.7 Å². The molecule has 0 aliphatic rings. The van der Waals surface area contributed by atoms with E-state index < -0.39 is 0 Å². The number of aryl methyl sites for hydroxylation is 1. The van der Waals surface area contributed by atoms with Crippen molar-refractivity contribution < 1.29 is 0 Å². The van der Waals surface area contributed by atoms with Gasteiger partial charge in [-0.1, -0.05) is 13.8 Å². The molecule has 0 aliphatic carbocycles. The summed E-state index contributed by atoms with van der Waals surface area (Å²) >= 11 is 1.71. The van der Waals surface area contributed by atoms with Gasteiger partial charge in [0.1, 0.15) is 0 Å². The average molecular weight is 272 g/mol. The number of anilines is 1. The standard InChI is InChI=1S/C14H16N4S/c1-3-10-13(15)11(4-2)18(17-10)14-9-6-8-19-12(9)5-7-16-14/h5-8H,3-4,15H2,1-2H3. The molecule has 19 heavy (non-hydrogen) atoms. The molecular formula is C14H16N4S. The van der Waals surface area contributed by atoms with Crippen LogP contribution in [0.4, 0.5) is 5.69 Å². The van der Waals surface area contributed by atoms with Crippen LogP contribution < -0.4 is 5.73 Å². The Morgan fingerprint density at radius 2 is 2.11 bits per heavy atom. The Morgan fingerprint density at radius 3 is 2.84 bits per heavy atom. The van der Waals surface area contributed by atoms with Gasteiger partial charge in [0.2, 0.25) is 0 Å². The third-order valence-corrected chi connectivity index (χ3v) is 4.21. The zero-order chi connectivity index (χ0) is 13.4. The molecule has 5 heteroatoms. The Bertz CT molecular complexity index is 726. The summed E-state index contributed by atoms with van der Waals surface area (Å²) in [5, 5.41) is 7.84. The number of nitrogens with zero attached hydrogens (tertiary/aromatic N) is 3. The van der Waals surface area contributed by atoms with Crippen LogP contribution in [0.3, 0.4) is 0 Å². The van der Waals surface area contributed by atoms with Gasteiger partial charge in [-0.15, -0.1) is 11.3 Å². The van der Waals surface area contributed by atoms with E-state index in [9.17, 15) is 0 Å². The minimum Gasteiger partial charge on any atom is -0.396 e. The summed E-state index contributed by atoms with van der Waals surface area (Å²) in [6.45, 7) is 4.16. The van der Waals surface area contributed by atoms with Crippen LogP contribution in [0.5, 0.6) is 0 Å². The molecule has 0 amide bonds. The van der Waals surface area contributed by atoms with Gasteiger partial charge in [-0.05, 0) is 30.4 Å². The van der Waals surface area contributed by atoms with E-state index in [0.717, 1.165) is 41.1 Å². The molecule has 0 unspecified atom stereocenters. The first-order valence-corrected chi connectivity index (χ1v) is 7.33. The fraction of sp³-hybridized carbons (Fsp3) is 0.286. The normalized spacial score (nSPS) is 11.3. The lowest BCUT2D eigenvalue weighted by atomic mass is 10.2. The molecular weight excluding hydrogens is 256 g/mol. The van der Waals surface area contributed by atoms with Crippen LogP contribution in [-0.2, 0) is 12.8 Å². The number of hydrogen-bond acceptors (Lipinski definition) is 4. The molecule has 98 valence electrons. The fourth-order valence-electron chi connectivity index (χ4n) is 2.34. The molecule has 0 fully saturated rings. The number of fused-ring (bicyclic) bond motifs is 1. The molecule has 0 atom stereocenters. The Labute approximate surface area is 115 Å². The van der Waals surface area contributed by atoms with Gasteiger partial charge in [0.05, 0.1) is 17.1 Å². The maximum atomic E-state index is 6.17. The summed E-state index contributed by atoms with van der Waals surface area (Å²) in [5.41, 5.74) is 8.97. The summed E-state index contributed by atoms with van der Waals surface area (Å²) < 4.78 is 3.13. The Kier molecular flexibility index (Phi) is 2.98. The lowest BCUT2D eigenvalue weighted by Crippen LogP contribution is -2.05. The number of aromatic nitrogens is 3. The van der Waals surface area contributed by atoms with E-state index in [4.69, 9.17) is 5.73 Å². The van der Waals surface area contributed by atoms with E-state index in [1.807, 2.05) is 16.9 Å². The van der Waals surface area contributed by atoms with Crippen molar-refractivity contribution in [2.75, 3.05) is 5.73 Å². The molecule has 3 aromatic heterocycles. The van der Waals surface area contributed by atoms with Crippen molar-refractivity contribution in [2.45, 2.75) is 26.7 Å². The van der Waals surface area contributed by atoms with Crippen molar-refractivity contribution in [2.24, 2.45) is 0 Å². The van der Waals surface area contributed by atoms with Crippen molar-refractivity contribution in [3.63, 3.8) is 0 Å². The number of thiophene rings is 1. The third kappa shape index (κ3) is 1.81. The average Bonchev–Trinajstić information content (AvgIpc) is 3.02. The SMILES string of the molecule is CCc1nn(-c2nccc3sccc23)c(CC)c1N. The van der Waals surface area contributed by atoms with Gasteiger partial charge < -0.3 is 5.73 Å². The Balaban J connectivity index is 2.29. The second-order valence-corrected chi connectivity index (χ2v) is 5.34. The van der Waals surface area contributed by atoms with E-state index in [1.54, 1.807) is 11.3 Å². The lowest BCUT2D eigenvalue weighted by molar-refractivity contribution is 0.779. The number of pyridine rings is 1. The van der Waals surface area contributed by atoms with Crippen LogP contribution in [0.15, 0.2) is 23.7 Å². The van der Waals surface area contributed by atoms with Crippen LogP contribution in [0.25, 0.3) is 15.9 Å². The number of nitrogens with two attached hydrogens (primary N) is 1. The van der Waals surface area contributed by atoms with Gasteiger partial charge in [0.25, 0.3) is 0 Å². The highest BCUT2D eigenvalue weighted by molar-refractivity contribution is 7.17. The van der Waals surface area contributed by atoms with Crippen LogP contribution in [-0.4, -0.2) is 14.8 Å². The second kappa shape index (κ2) is 4.66. The van der Waals surface area contributed by atoms with Gasteiger partial charge in [-0.3, -0.25) is 0 Å². The first-order chi connectivity index (χ1) is 9.26. The van der Waals surface area contributed by atoms with E-state index in [1.165, 1.54) is 4.70 Å². The summed E-state index contributed by atoms with van der Waals surface area (Å²) in [6, 6.07) is 4.12. The molecule has 0 aliphatic heterocycles. The second-order valence-electron chi connectivity index (χ2n) is 4.39. The van der Waals surface area contributed by atoms with Gasteiger partial charge in [-0.25, -0.2) is 9.67 Å². The molecule has 3 heterocycles. The van der Waals surface area contributed by atoms with Gasteiger partial charge in [0, 0.05) is 16.3 Å². The molecule has 0 bridgehead atoms. The molecule has 3 aromatic rings. The smallest absolute Gasteiger partial charge is 0.162 e. The summed E-state index contributed by atoms with van der Waals surface area (Å²) in [6.07, 6.45) is 3.52. The quantitative estimate of drug-likeness (QED) is 0.796. The summed E-state index contributed by atoms with van der Waals surface area (Å²) in [5.74, 6) is 0.877. The summed E-state index contributed by atoms with van der Waals surface area (Å²) in [4.78, 5) is 4.50. The highest BCUT2D eigenvalue weighted by atomic mass is 32.1. The van der Waals surface area contributed by atoms with Crippen LogP contribution in [0.1, 0.15) is 25.2 Å². The van der Waals surface area contributed by atoms with Crippen molar-refractivity contribution in [1.82, 2.24) is 14.8 Å². The fourth-order valence-corrected chi connectivity index (χ4v) is 3.12. The predicted octanol–water partition coefficient (Wildman–Crippen LogP) is 3.19. The molecule has 0 radical (unpaired) electrons. The highest BCUT2D eigenvalue weighted by Gasteiger charge is 2.16. The van der Waals surface area contributed by atoms with Crippen molar-refractivity contribution in [3.05, 3.63) is 35.1 Å². The third-order valence-electron chi connectivity index (χ3n) is 3.33. The predicted molar refractivity (Wildman–Crippen MR) is 79.9 cm³/mol. The van der Waals surface area contributed by atoms with Crippen molar-refractivity contribution in [1.29, 1.82) is 0 Å². The largest absolute Gasteiger partial charge is 0.396 e. The zero-order valence-electron chi connectivity index (χ0n) is 11.1. The molecule has 4 nitrogen and oxygen atoms in total. The molecule has 0 saturated heterocycles. The number of hydrogen-bond donors (Lipinski definition) is 1. The van der Waals surface area contributed by atoms with E-state index >= 15 is 0 Å². The maximum Gasteiger partial charge on any atom is 0.162 e. The van der Waals surface area contributed by atoms with Crippen molar-refractivity contribution >= 4 is 27.1 Å². The molecule has 0 aromatic carbocycles. The highest BCUT2D eigenvalue weighted by Crippen LogP contribution is 2.28. The Morgan fingerprint density at radius 1 is 1.26 bits per heavy atom. The van der Waals surface area contributed by atoms with E-state index in [-0.39, 0.29) is 0 Å². The molecule has 3 rings (SSSR count). The van der Waals surface area contributed by atoms with Crippen LogP contribution in [0.2, 0.25) is 0 Å². The zero-order valence-corrected chi connectivity index (χ0v) is 11.9. The van der Waals surface area contributed by atoms with E-state index in [2.05, 4.69) is 35.4 Å². The molecule has 2 N–H and O–H groups in total. The summed E-state index contributed by atoms with van der Waals surface area (Å²) in [7, 11) is 0. The van der Waals surface area contributed by atoms with Gasteiger partial charge in [0.15, 0.2) is 5.82 Å². The lowest BCUT2D eigenvalue weighted by Gasteiger charge is -2.06. The minimum atomic E-state index is 0.805. The first kappa shape index (κ1) is 12.2.